The van der Waals surface area contributed by atoms with Gasteiger partial charge in [0, 0.05) is 23.2 Å². The molecule has 1 unspecified atom stereocenters. The summed E-state index contributed by atoms with van der Waals surface area (Å²) in [5, 5.41) is 3.47. The van der Waals surface area contributed by atoms with Crippen molar-refractivity contribution in [2.75, 3.05) is 19.8 Å². The zero-order chi connectivity index (χ0) is 13.0. The summed E-state index contributed by atoms with van der Waals surface area (Å²) < 4.78 is 6.17. The fourth-order valence-corrected chi connectivity index (χ4v) is 2.37. The summed E-state index contributed by atoms with van der Waals surface area (Å²) in [7, 11) is 0. The molecule has 2 rings (SSSR count). The van der Waals surface area contributed by atoms with Gasteiger partial charge < -0.3 is 10.1 Å². The molecule has 1 fully saturated rings. The molecule has 0 radical (unpaired) electrons. The molecule has 5 heteroatoms. The Hall–Kier alpha value is -0.580. The predicted molar refractivity (Wildman–Crippen MR) is 75.0 cm³/mol. The molecule has 1 atom stereocenters. The highest BCUT2D eigenvalue weighted by molar-refractivity contribution is 9.10. The average molecular weight is 333 g/mol. The Morgan fingerprint density at radius 2 is 2.39 bits per heavy atom. The summed E-state index contributed by atoms with van der Waals surface area (Å²) in [5.74, 6) is 0.337. The van der Waals surface area contributed by atoms with Crippen LogP contribution >= 0.6 is 27.5 Å². The quantitative estimate of drug-likeness (QED) is 0.922. The van der Waals surface area contributed by atoms with Gasteiger partial charge in [-0.15, -0.1) is 0 Å². The van der Waals surface area contributed by atoms with Crippen LogP contribution in [-0.4, -0.2) is 25.7 Å². The molecular weight excluding hydrogens is 318 g/mol. The van der Waals surface area contributed by atoms with Crippen LogP contribution in [0.4, 0.5) is 0 Å². The highest BCUT2D eigenvalue weighted by Crippen LogP contribution is 2.23. The molecule has 1 aliphatic rings. The lowest BCUT2D eigenvalue weighted by molar-refractivity contribution is 0.0536. The van der Waals surface area contributed by atoms with E-state index in [2.05, 4.69) is 21.2 Å². The minimum Gasteiger partial charge on any atom is -0.381 e. The molecule has 1 aliphatic heterocycles. The molecule has 98 valence electrons. The van der Waals surface area contributed by atoms with E-state index in [0.29, 0.717) is 23.0 Å². The molecule has 3 nitrogen and oxygen atoms in total. The van der Waals surface area contributed by atoms with Crippen LogP contribution in [0.1, 0.15) is 23.2 Å². The third-order valence-corrected chi connectivity index (χ3v) is 4.22. The molecule has 0 aromatic heterocycles. The number of carbonyl (C=O) groups is 1. The summed E-state index contributed by atoms with van der Waals surface area (Å²) in [6.45, 7) is 2.24. The second kappa shape index (κ2) is 6.55. The van der Waals surface area contributed by atoms with Crippen LogP contribution in [0.15, 0.2) is 22.7 Å². The topological polar surface area (TPSA) is 38.3 Å². The summed E-state index contributed by atoms with van der Waals surface area (Å²) in [6.07, 6.45) is 2.19. The van der Waals surface area contributed by atoms with E-state index in [0.717, 1.165) is 30.5 Å². The van der Waals surface area contributed by atoms with Gasteiger partial charge in [-0.25, -0.2) is 0 Å². The number of rotatable bonds is 3. The van der Waals surface area contributed by atoms with Gasteiger partial charge in [0.2, 0.25) is 0 Å². The maximum Gasteiger partial charge on any atom is 0.251 e. The Morgan fingerprint density at radius 3 is 3.06 bits per heavy atom. The second-order valence-corrected chi connectivity index (χ2v) is 5.68. The fourth-order valence-electron chi connectivity index (χ4n) is 1.94. The van der Waals surface area contributed by atoms with Gasteiger partial charge in [-0.2, -0.15) is 0 Å². The van der Waals surface area contributed by atoms with Crippen molar-refractivity contribution in [2.24, 2.45) is 5.92 Å². The summed E-state index contributed by atoms with van der Waals surface area (Å²) in [6, 6.07) is 5.20. The Bertz CT molecular complexity index is 433. The van der Waals surface area contributed by atoms with Gasteiger partial charge in [0.05, 0.1) is 11.6 Å². The van der Waals surface area contributed by atoms with Gasteiger partial charge in [-0.05, 0) is 52.9 Å². The first kappa shape index (κ1) is 13.8. The number of amides is 1. The van der Waals surface area contributed by atoms with Crippen LogP contribution in [0.2, 0.25) is 5.02 Å². The highest BCUT2D eigenvalue weighted by atomic mass is 79.9. The summed E-state index contributed by atoms with van der Waals surface area (Å²) >= 11 is 9.26. The Balaban J connectivity index is 1.88. The number of nitrogens with one attached hydrogen (secondary N) is 1. The Kier molecular flexibility index (Phi) is 5.03. The highest BCUT2D eigenvalue weighted by Gasteiger charge is 2.15. The summed E-state index contributed by atoms with van der Waals surface area (Å²) in [4.78, 5) is 11.9. The normalized spacial score (nSPS) is 19.6. The van der Waals surface area contributed by atoms with Crippen LogP contribution in [0.5, 0.6) is 0 Å². The summed E-state index contributed by atoms with van der Waals surface area (Å²) in [5.41, 5.74) is 0.583. The maximum absolute atomic E-state index is 11.9. The van der Waals surface area contributed by atoms with E-state index in [1.807, 2.05) is 0 Å². The molecule has 1 aromatic rings. The molecule has 0 bridgehead atoms. The molecule has 1 N–H and O–H groups in total. The standard InChI is InChI=1S/C13H15BrClNO2/c14-11-4-3-10(6-12(11)15)13(17)16-7-9-2-1-5-18-8-9/h3-4,6,9H,1-2,5,7-8H2,(H,16,17). The fraction of sp³-hybridized carbons (Fsp3) is 0.462. The van der Waals surface area contributed by atoms with E-state index in [9.17, 15) is 4.79 Å². The van der Waals surface area contributed by atoms with E-state index in [1.165, 1.54) is 0 Å². The molecule has 1 heterocycles. The molecule has 1 aromatic carbocycles. The Labute approximate surface area is 120 Å². The first-order valence-electron chi connectivity index (χ1n) is 5.98. The van der Waals surface area contributed by atoms with Crippen molar-refractivity contribution < 1.29 is 9.53 Å². The first-order valence-corrected chi connectivity index (χ1v) is 7.15. The van der Waals surface area contributed by atoms with Crippen molar-refractivity contribution in [2.45, 2.75) is 12.8 Å². The lowest BCUT2D eigenvalue weighted by atomic mass is 10.0. The zero-order valence-corrected chi connectivity index (χ0v) is 12.3. The van der Waals surface area contributed by atoms with Gasteiger partial charge >= 0.3 is 0 Å². The number of carbonyl (C=O) groups excluding carboxylic acids is 1. The van der Waals surface area contributed by atoms with Gasteiger partial charge in [0.15, 0.2) is 0 Å². The molecule has 1 amide bonds. The van der Waals surface area contributed by atoms with Gasteiger partial charge in [-0.3, -0.25) is 4.79 Å². The smallest absolute Gasteiger partial charge is 0.251 e. The Morgan fingerprint density at radius 1 is 1.56 bits per heavy atom. The van der Waals surface area contributed by atoms with E-state index in [1.54, 1.807) is 18.2 Å². The third-order valence-electron chi connectivity index (χ3n) is 2.99. The second-order valence-electron chi connectivity index (χ2n) is 4.42. The number of hydrogen-bond acceptors (Lipinski definition) is 2. The van der Waals surface area contributed by atoms with Crippen LogP contribution < -0.4 is 5.32 Å². The number of ether oxygens (including phenoxy) is 1. The third kappa shape index (κ3) is 3.70. The van der Waals surface area contributed by atoms with E-state index in [-0.39, 0.29) is 5.91 Å². The van der Waals surface area contributed by atoms with Crippen molar-refractivity contribution in [3.63, 3.8) is 0 Å². The predicted octanol–water partition coefficient (Wildman–Crippen LogP) is 3.26. The largest absolute Gasteiger partial charge is 0.381 e. The molecule has 0 aliphatic carbocycles. The van der Waals surface area contributed by atoms with Crippen LogP contribution in [-0.2, 0) is 4.74 Å². The average Bonchev–Trinajstić information content (AvgIpc) is 2.40. The molecule has 0 saturated carbocycles. The van der Waals surface area contributed by atoms with Gasteiger partial charge in [0.1, 0.15) is 0 Å². The monoisotopic (exact) mass is 331 g/mol. The SMILES string of the molecule is O=C(NCC1CCCOC1)c1ccc(Br)c(Cl)c1. The van der Waals surface area contributed by atoms with Crippen LogP contribution in [0.3, 0.4) is 0 Å². The molecule has 18 heavy (non-hydrogen) atoms. The van der Waals surface area contributed by atoms with Crippen molar-refractivity contribution in [1.82, 2.24) is 5.32 Å². The van der Waals surface area contributed by atoms with Gasteiger partial charge in [0.25, 0.3) is 5.91 Å². The van der Waals surface area contributed by atoms with E-state index >= 15 is 0 Å². The van der Waals surface area contributed by atoms with Crippen LogP contribution in [0.25, 0.3) is 0 Å². The van der Waals surface area contributed by atoms with E-state index in [4.69, 9.17) is 16.3 Å². The van der Waals surface area contributed by atoms with Gasteiger partial charge in [-0.1, -0.05) is 11.6 Å². The first-order chi connectivity index (χ1) is 8.66. The molecule has 0 spiro atoms. The number of halogens is 2. The van der Waals surface area contributed by atoms with Crippen LogP contribution in [0, 0.1) is 5.92 Å². The van der Waals surface area contributed by atoms with E-state index < -0.39 is 0 Å². The maximum atomic E-state index is 11.9. The lowest BCUT2D eigenvalue weighted by Crippen LogP contribution is -2.33. The lowest BCUT2D eigenvalue weighted by Gasteiger charge is -2.22. The van der Waals surface area contributed by atoms with Crippen molar-refractivity contribution in [3.8, 4) is 0 Å². The zero-order valence-electron chi connectivity index (χ0n) is 9.92. The number of benzene rings is 1. The minimum absolute atomic E-state index is 0.0880. The minimum atomic E-state index is -0.0880. The van der Waals surface area contributed by atoms with Crippen molar-refractivity contribution >= 4 is 33.4 Å². The molecular formula is C13H15BrClNO2. The molecule has 1 saturated heterocycles. The number of hydrogen-bond donors (Lipinski definition) is 1. The van der Waals surface area contributed by atoms with Crippen molar-refractivity contribution in [3.05, 3.63) is 33.3 Å². The van der Waals surface area contributed by atoms with Crippen molar-refractivity contribution in [1.29, 1.82) is 0 Å².